The molecule has 69 heavy (non-hydrogen) atoms. The minimum atomic E-state index is -1.70. The zero-order valence-electron chi connectivity index (χ0n) is 38.9. The molecule has 7 atom stereocenters. The molecule has 2 aliphatic heterocycles. The highest BCUT2D eigenvalue weighted by atomic mass is 16.4. The summed E-state index contributed by atoms with van der Waals surface area (Å²) in [4.78, 5) is 124. The van der Waals surface area contributed by atoms with E-state index in [2.05, 4.69) is 31.9 Å². The summed E-state index contributed by atoms with van der Waals surface area (Å²) in [6.07, 6.45) is 0.831. The zero-order valence-corrected chi connectivity index (χ0v) is 38.9. The summed E-state index contributed by atoms with van der Waals surface area (Å²) >= 11 is 0. The molecule has 23 nitrogen and oxygen atoms in total. The molecule has 2 aromatic carbocycles. The lowest BCUT2D eigenvalue weighted by atomic mass is 10.0. The summed E-state index contributed by atoms with van der Waals surface area (Å²) in [6, 6.07) is 5.24. The van der Waals surface area contributed by atoms with E-state index < -0.39 is 102 Å². The van der Waals surface area contributed by atoms with Gasteiger partial charge in [0.05, 0.1) is 13.0 Å². The monoisotopic (exact) mass is 962 g/mol. The van der Waals surface area contributed by atoms with Crippen molar-refractivity contribution >= 4 is 59.2 Å². The Morgan fingerprint density at radius 1 is 0.696 bits per heavy atom. The Bertz CT molecular complexity index is 2160. The smallest absolute Gasteiger partial charge is 0.326 e. The molecule has 2 fully saturated rings. The number of guanidine groups is 1. The highest BCUT2D eigenvalue weighted by molar-refractivity contribution is 5.99. The SMILES string of the molecule is CC(C)C[C@H](NC(=O)[C@H](Cc1ccc(O)cc1)NC(=O)[C@H](CC(N)=O)NC(=O)[C@H](Cc1ccccc1)NC(=O)[C@@H]1CCCN1C(=O)[C@H](CCCNC(=N)N)NC(=O)[C@@H]1CCCN1C(=O)CN)C(=O)O. The van der Waals surface area contributed by atoms with E-state index in [1.54, 1.807) is 44.2 Å². The lowest BCUT2D eigenvalue weighted by Gasteiger charge is -2.31. The second kappa shape index (κ2) is 26.3. The van der Waals surface area contributed by atoms with Gasteiger partial charge in [-0.1, -0.05) is 56.3 Å². The topological polar surface area (TPSA) is 375 Å². The maximum absolute atomic E-state index is 14.4. The van der Waals surface area contributed by atoms with Gasteiger partial charge in [-0.3, -0.25) is 43.8 Å². The van der Waals surface area contributed by atoms with E-state index in [1.165, 1.54) is 34.1 Å². The van der Waals surface area contributed by atoms with Crippen LogP contribution in [0.1, 0.15) is 76.3 Å². The number of rotatable bonds is 25. The van der Waals surface area contributed by atoms with Crippen LogP contribution in [0.4, 0.5) is 0 Å². The van der Waals surface area contributed by atoms with Gasteiger partial charge in [-0.15, -0.1) is 0 Å². The van der Waals surface area contributed by atoms with E-state index in [-0.39, 0.29) is 75.8 Å². The molecule has 0 spiro atoms. The van der Waals surface area contributed by atoms with E-state index in [0.717, 1.165) is 0 Å². The van der Waals surface area contributed by atoms with Crippen molar-refractivity contribution < 1.29 is 53.4 Å². The molecule has 15 N–H and O–H groups in total. The van der Waals surface area contributed by atoms with Crippen LogP contribution in [0.3, 0.4) is 0 Å². The fourth-order valence-corrected chi connectivity index (χ4v) is 8.34. The van der Waals surface area contributed by atoms with Gasteiger partial charge in [0, 0.05) is 32.5 Å². The van der Waals surface area contributed by atoms with Crippen molar-refractivity contribution in [3.63, 3.8) is 0 Å². The number of nitrogens with zero attached hydrogens (tertiary/aromatic N) is 2. The van der Waals surface area contributed by atoms with Crippen LogP contribution in [0.25, 0.3) is 0 Å². The van der Waals surface area contributed by atoms with Gasteiger partial charge in [0.25, 0.3) is 0 Å². The van der Waals surface area contributed by atoms with Gasteiger partial charge in [0.1, 0.15) is 48.0 Å². The first kappa shape index (κ1) is 54.3. The third-order valence-corrected chi connectivity index (χ3v) is 11.8. The van der Waals surface area contributed by atoms with E-state index in [4.69, 9.17) is 22.6 Å². The van der Waals surface area contributed by atoms with Crippen molar-refractivity contribution in [2.75, 3.05) is 26.2 Å². The van der Waals surface area contributed by atoms with E-state index in [0.29, 0.717) is 36.9 Å². The maximum atomic E-state index is 14.4. The standard InChI is InChI=1S/C46H66N12O11/c1-26(2)21-34(45(68)69)56-40(63)31(23-28-14-16-29(59)17-15-28)53-41(64)33(24-37(48)60)54-39(62)32(22-27-9-4-3-5-10-27)55-43(66)36-13-8-20-58(36)44(67)30(11-6-18-51-46(49)50)52-42(65)35-12-7-19-57(35)38(61)25-47/h3-5,9-10,14-17,26,30-36,59H,6-8,11-13,18-25,47H2,1-2H3,(H2,48,60)(H,52,65)(H,53,64)(H,54,62)(H,55,66)(H,56,63)(H,68,69)(H4,49,50,51)/t30-,31-,32-,33-,34-,35-,36-/m0/s1. The fourth-order valence-electron chi connectivity index (χ4n) is 8.34. The van der Waals surface area contributed by atoms with Gasteiger partial charge in [0.15, 0.2) is 5.96 Å². The Balaban J connectivity index is 1.58. The number of benzene rings is 2. The van der Waals surface area contributed by atoms with Crippen molar-refractivity contribution in [1.82, 2.24) is 41.7 Å². The average Bonchev–Trinajstić information content (AvgIpc) is 4.01. The number of carbonyl (C=O) groups excluding carboxylic acids is 8. The first-order valence-electron chi connectivity index (χ1n) is 23.0. The number of nitrogens with two attached hydrogens (primary N) is 3. The minimum Gasteiger partial charge on any atom is -0.508 e. The Labute approximate surface area is 399 Å². The number of likely N-dealkylation sites (tertiary alicyclic amines) is 2. The van der Waals surface area contributed by atoms with Crippen molar-refractivity contribution in [2.24, 2.45) is 23.1 Å². The molecule has 8 amide bonds. The molecule has 0 bridgehead atoms. The molecular weight excluding hydrogens is 897 g/mol. The number of carboxylic acid groups (broad SMARTS) is 1. The predicted molar refractivity (Wildman–Crippen MR) is 250 cm³/mol. The normalized spacial score (nSPS) is 17.6. The molecular formula is C46H66N12O11. The molecule has 0 radical (unpaired) electrons. The lowest BCUT2D eigenvalue weighted by molar-refractivity contribution is -0.143. The van der Waals surface area contributed by atoms with Gasteiger partial charge < -0.3 is 69.1 Å². The number of carboxylic acids is 1. The van der Waals surface area contributed by atoms with Gasteiger partial charge in [-0.2, -0.15) is 0 Å². The van der Waals surface area contributed by atoms with Gasteiger partial charge in [0.2, 0.25) is 47.3 Å². The average molecular weight is 963 g/mol. The third-order valence-electron chi connectivity index (χ3n) is 11.8. The van der Waals surface area contributed by atoms with Crippen molar-refractivity contribution in [2.45, 2.75) is 120 Å². The summed E-state index contributed by atoms with van der Waals surface area (Å²) in [5, 5.41) is 42.8. The summed E-state index contributed by atoms with van der Waals surface area (Å²) < 4.78 is 0. The van der Waals surface area contributed by atoms with Crippen LogP contribution in [0.2, 0.25) is 0 Å². The number of aliphatic carboxylic acids is 1. The molecule has 0 aliphatic carbocycles. The van der Waals surface area contributed by atoms with Gasteiger partial charge in [-0.05, 0) is 74.1 Å². The molecule has 23 heteroatoms. The Hall–Kier alpha value is -7.30. The first-order chi connectivity index (χ1) is 32.8. The van der Waals surface area contributed by atoms with E-state index in [9.17, 15) is 53.4 Å². The molecule has 2 saturated heterocycles. The number of hydrogen-bond donors (Lipinski definition) is 12. The van der Waals surface area contributed by atoms with E-state index in [1.807, 2.05) is 0 Å². The molecule has 2 aliphatic rings. The van der Waals surface area contributed by atoms with Crippen LogP contribution in [0, 0.1) is 11.3 Å². The number of aromatic hydroxyl groups is 1. The molecule has 0 aromatic heterocycles. The summed E-state index contributed by atoms with van der Waals surface area (Å²) in [5.74, 6) is -7.95. The van der Waals surface area contributed by atoms with Crippen LogP contribution < -0.4 is 49.1 Å². The van der Waals surface area contributed by atoms with Crippen LogP contribution >= 0.6 is 0 Å². The maximum Gasteiger partial charge on any atom is 0.326 e. The Kier molecular flexibility index (Phi) is 20.7. The first-order valence-corrected chi connectivity index (χ1v) is 23.0. The number of nitrogens with one attached hydrogen (secondary N) is 7. The van der Waals surface area contributed by atoms with Gasteiger partial charge in [-0.25, -0.2) is 4.79 Å². The zero-order chi connectivity index (χ0) is 50.8. The largest absolute Gasteiger partial charge is 0.508 e. The predicted octanol–water partition coefficient (Wildman–Crippen LogP) is -2.19. The van der Waals surface area contributed by atoms with Gasteiger partial charge >= 0.3 is 5.97 Å². The fraction of sp³-hybridized carbons (Fsp3) is 0.522. The number of phenols is 1. The van der Waals surface area contributed by atoms with Crippen molar-refractivity contribution in [3.8, 4) is 5.75 Å². The molecule has 0 unspecified atom stereocenters. The van der Waals surface area contributed by atoms with Crippen molar-refractivity contribution in [3.05, 3.63) is 65.7 Å². The number of amides is 8. The van der Waals surface area contributed by atoms with Crippen molar-refractivity contribution in [1.29, 1.82) is 5.41 Å². The summed E-state index contributed by atoms with van der Waals surface area (Å²) in [6.45, 7) is 3.87. The third kappa shape index (κ3) is 16.8. The number of carbonyl (C=O) groups is 9. The Morgan fingerprint density at radius 2 is 1.20 bits per heavy atom. The molecule has 0 saturated carbocycles. The second-order valence-electron chi connectivity index (χ2n) is 17.6. The summed E-state index contributed by atoms with van der Waals surface area (Å²) in [5.41, 5.74) is 17.6. The minimum absolute atomic E-state index is 0.0672. The van der Waals surface area contributed by atoms with Crippen LogP contribution in [0.15, 0.2) is 54.6 Å². The summed E-state index contributed by atoms with van der Waals surface area (Å²) in [7, 11) is 0. The highest BCUT2D eigenvalue weighted by Gasteiger charge is 2.41. The highest BCUT2D eigenvalue weighted by Crippen LogP contribution is 2.22. The second-order valence-corrected chi connectivity index (χ2v) is 17.6. The number of hydrogen-bond acceptors (Lipinski definition) is 12. The molecule has 376 valence electrons. The van der Waals surface area contributed by atoms with Crippen LogP contribution in [-0.4, -0.2) is 148 Å². The number of phenolic OH excluding ortho intramolecular Hbond substituents is 1. The molecule has 4 rings (SSSR count). The quantitative estimate of drug-likeness (QED) is 0.0286. The molecule has 2 heterocycles. The molecule has 2 aromatic rings. The Morgan fingerprint density at radius 3 is 1.75 bits per heavy atom. The van der Waals surface area contributed by atoms with Crippen LogP contribution in [0.5, 0.6) is 5.75 Å². The number of primary amides is 1. The van der Waals surface area contributed by atoms with E-state index >= 15 is 0 Å². The van der Waals surface area contributed by atoms with Crippen LogP contribution in [-0.2, 0) is 56.0 Å². The lowest BCUT2D eigenvalue weighted by Crippen LogP contribution is -2.60.